The maximum Gasteiger partial charge on any atom is 0.433 e. The molecule has 0 N–H and O–H groups in total. The number of hydrogen-bond acceptors (Lipinski definition) is 2. The Hall–Kier alpha value is -1.59. The number of aromatic nitrogens is 1. The Labute approximate surface area is 128 Å². The van der Waals surface area contributed by atoms with Crippen molar-refractivity contribution in [3.05, 3.63) is 29.1 Å². The van der Waals surface area contributed by atoms with Gasteiger partial charge in [-0.1, -0.05) is 6.92 Å². The molecule has 6 heteroatoms. The van der Waals surface area contributed by atoms with Gasteiger partial charge < -0.3 is 4.90 Å². The molecule has 0 unspecified atom stereocenters. The fraction of sp³-hybridized carbons (Fsp3) is 0.625. The summed E-state index contributed by atoms with van der Waals surface area (Å²) >= 11 is 0. The molecule has 0 saturated heterocycles. The van der Waals surface area contributed by atoms with Crippen LogP contribution in [0.25, 0.3) is 0 Å². The monoisotopic (exact) mass is 314 g/mol. The fourth-order valence-electron chi connectivity index (χ4n) is 2.93. The highest BCUT2D eigenvalue weighted by Crippen LogP contribution is 2.30. The standard InChI is InChI=1S/C16H21F3N2O/c1-10-4-6-12(7-5-10)21(3)15(22)13-8-9-14(16(17,18)19)20-11(13)2/h8-10,12H,4-7H2,1-3H3. The van der Waals surface area contributed by atoms with Gasteiger partial charge in [0.2, 0.25) is 0 Å². The van der Waals surface area contributed by atoms with Crippen molar-refractivity contribution in [3.8, 4) is 0 Å². The van der Waals surface area contributed by atoms with Crippen molar-refractivity contribution >= 4 is 5.91 Å². The molecule has 0 atom stereocenters. The van der Waals surface area contributed by atoms with E-state index in [-0.39, 0.29) is 23.2 Å². The molecule has 1 amide bonds. The molecular weight excluding hydrogens is 293 g/mol. The van der Waals surface area contributed by atoms with Gasteiger partial charge in [-0.2, -0.15) is 13.2 Å². The first-order valence-electron chi connectivity index (χ1n) is 7.52. The summed E-state index contributed by atoms with van der Waals surface area (Å²) in [6.07, 6.45) is -0.455. The van der Waals surface area contributed by atoms with Crippen LogP contribution in [0.2, 0.25) is 0 Å². The number of carbonyl (C=O) groups is 1. The van der Waals surface area contributed by atoms with Crippen molar-refractivity contribution in [2.75, 3.05) is 7.05 Å². The number of alkyl halides is 3. The van der Waals surface area contributed by atoms with E-state index in [1.54, 1.807) is 11.9 Å². The van der Waals surface area contributed by atoms with E-state index in [0.29, 0.717) is 5.92 Å². The highest BCUT2D eigenvalue weighted by atomic mass is 19.4. The van der Waals surface area contributed by atoms with Gasteiger partial charge in [0.25, 0.3) is 5.91 Å². The Morgan fingerprint density at radius 2 is 1.82 bits per heavy atom. The molecule has 1 aromatic heterocycles. The molecule has 1 aliphatic carbocycles. The molecule has 22 heavy (non-hydrogen) atoms. The number of nitrogens with zero attached hydrogens (tertiary/aromatic N) is 2. The maximum atomic E-state index is 12.6. The van der Waals surface area contributed by atoms with Gasteiger partial charge >= 0.3 is 6.18 Å². The lowest BCUT2D eigenvalue weighted by atomic mass is 9.86. The average molecular weight is 314 g/mol. The number of rotatable bonds is 2. The summed E-state index contributed by atoms with van der Waals surface area (Å²) in [7, 11) is 1.72. The molecule has 122 valence electrons. The Balaban J connectivity index is 2.15. The molecule has 1 aromatic rings. The lowest BCUT2D eigenvalue weighted by Crippen LogP contribution is -2.39. The maximum absolute atomic E-state index is 12.6. The second-order valence-corrected chi connectivity index (χ2v) is 6.16. The molecule has 0 spiro atoms. The van der Waals surface area contributed by atoms with Crippen LogP contribution in [0, 0.1) is 12.8 Å². The van der Waals surface area contributed by atoms with E-state index < -0.39 is 11.9 Å². The topological polar surface area (TPSA) is 33.2 Å². The zero-order chi connectivity index (χ0) is 16.5. The summed E-state index contributed by atoms with van der Waals surface area (Å²) in [5.74, 6) is 0.424. The van der Waals surface area contributed by atoms with E-state index in [9.17, 15) is 18.0 Å². The molecule has 1 heterocycles. The third kappa shape index (κ3) is 3.59. The van der Waals surface area contributed by atoms with Crippen LogP contribution in [-0.4, -0.2) is 28.9 Å². The Bertz CT molecular complexity index is 549. The van der Waals surface area contributed by atoms with E-state index in [1.165, 1.54) is 13.0 Å². The van der Waals surface area contributed by atoms with Gasteiger partial charge in [0, 0.05) is 13.1 Å². The molecule has 0 bridgehead atoms. The van der Waals surface area contributed by atoms with E-state index >= 15 is 0 Å². The van der Waals surface area contributed by atoms with Crippen molar-refractivity contribution in [1.82, 2.24) is 9.88 Å². The number of amides is 1. The van der Waals surface area contributed by atoms with Crippen LogP contribution in [0.3, 0.4) is 0 Å². The average Bonchev–Trinajstić information content (AvgIpc) is 2.45. The van der Waals surface area contributed by atoms with Gasteiger partial charge in [-0.25, -0.2) is 4.98 Å². The fourth-order valence-corrected chi connectivity index (χ4v) is 2.93. The molecule has 0 aliphatic heterocycles. The molecule has 0 aromatic carbocycles. The molecular formula is C16H21F3N2O. The minimum absolute atomic E-state index is 0.121. The van der Waals surface area contributed by atoms with Gasteiger partial charge in [0.15, 0.2) is 0 Å². The van der Waals surface area contributed by atoms with Crippen molar-refractivity contribution in [2.45, 2.75) is 51.7 Å². The summed E-state index contributed by atoms with van der Waals surface area (Å²) < 4.78 is 37.9. The van der Waals surface area contributed by atoms with Crippen LogP contribution in [0.4, 0.5) is 13.2 Å². The van der Waals surface area contributed by atoms with Crippen LogP contribution in [0.15, 0.2) is 12.1 Å². The molecule has 1 saturated carbocycles. The first-order valence-corrected chi connectivity index (χ1v) is 7.52. The third-order valence-corrected chi connectivity index (χ3v) is 4.46. The summed E-state index contributed by atoms with van der Waals surface area (Å²) in [5, 5.41) is 0. The molecule has 1 aliphatic rings. The van der Waals surface area contributed by atoms with Crippen LogP contribution in [0.1, 0.15) is 54.4 Å². The first kappa shape index (κ1) is 16.8. The predicted molar refractivity (Wildman–Crippen MR) is 77.5 cm³/mol. The second-order valence-electron chi connectivity index (χ2n) is 6.16. The number of aryl methyl sites for hydroxylation is 1. The van der Waals surface area contributed by atoms with E-state index in [0.717, 1.165) is 31.7 Å². The lowest BCUT2D eigenvalue weighted by molar-refractivity contribution is -0.141. The molecule has 0 radical (unpaired) electrons. The normalized spacial score (nSPS) is 22.5. The summed E-state index contributed by atoms with van der Waals surface area (Å²) in [5.41, 5.74) is -0.597. The third-order valence-electron chi connectivity index (χ3n) is 4.46. The highest BCUT2D eigenvalue weighted by Gasteiger charge is 2.33. The first-order chi connectivity index (χ1) is 10.2. The van der Waals surface area contributed by atoms with Gasteiger partial charge in [-0.05, 0) is 50.7 Å². The van der Waals surface area contributed by atoms with Gasteiger partial charge in [-0.3, -0.25) is 4.79 Å². The minimum Gasteiger partial charge on any atom is -0.339 e. The number of halogens is 3. The largest absolute Gasteiger partial charge is 0.433 e. The van der Waals surface area contributed by atoms with Crippen molar-refractivity contribution in [2.24, 2.45) is 5.92 Å². The quantitative estimate of drug-likeness (QED) is 0.825. The zero-order valence-corrected chi connectivity index (χ0v) is 13.1. The highest BCUT2D eigenvalue weighted by molar-refractivity contribution is 5.95. The Kier molecular flexibility index (Phi) is 4.78. The Morgan fingerprint density at radius 1 is 1.23 bits per heavy atom. The van der Waals surface area contributed by atoms with Crippen LogP contribution in [0.5, 0.6) is 0 Å². The van der Waals surface area contributed by atoms with Gasteiger partial charge in [0.05, 0.1) is 11.3 Å². The smallest absolute Gasteiger partial charge is 0.339 e. The lowest BCUT2D eigenvalue weighted by Gasteiger charge is -2.33. The molecule has 3 nitrogen and oxygen atoms in total. The van der Waals surface area contributed by atoms with E-state index in [1.807, 2.05) is 0 Å². The van der Waals surface area contributed by atoms with Crippen molar-refractivity contribution in [1.29, 1.82) is 0 Å². The second kappa shape index (κ2) is 6.26. The molecule has 1 fully saturated rings. The van der Waals surface area contributed by atoms with Crippen LogP contribution >= 0.6 is 0 Å². The predicted octanol–water partition coefficient (Wildman–Crippen LogP) is 4.06. The molecule has 2 rings (SSSR count). The number of hydrogen-bond donors (Lipinski definition) is 0. The number of carbonyl (C=O) groups excluding carboxylic acids is 1. The van der Waals surface area contributed by atoms with Crippen LogP contribution in [-0.2, 0) is 6.18 Å². The van der Waals surface area contributed by atoms with E-state index in [4.69, 9.17) is 0 Å². The SMILES string of the molecule is Cc1nc(C(F)(F)F)ccc1C(=O)N(C)C1CCC(C)CC1. The summed E-state index contributed by atoms with van der Waals surface area (Å²) in [4.78, 5) is 17.7. The van der Waals surface area contributed by atoms with Crippen molar-refractivity contribution < 1.29 is 18.0 Å². The van der Waals surface area contributed by atoms with Gasteiger partial charge in [0.1, 0.15) is 5.69 Å². The summed E-state index contributed by atoms with van der Waals surface area (Å²) in [6, 6.07) is 2.26. The summed E-state index contributed by atoms with van der Waals surface area (Å²) in [6.45, 7) is 3.64. The van der Waals surface area contributed by atoms with Gasteiger partial charge in [-0.15, -0.1) is 0 Å². The van der Waals surface area contributed by atoms with E-state index in [2.05, 4.69) is 11.9 Å². The number of pyridine rings is 1. The Morgan fingerprint density at radius 3 is 2.32 bits per heavy atom. The van der Waals surface area contributed by atoms with Crippen LogP contribution < -0.4 is 0 Å². The zero-order valence-electron chi connectivity index (χ0n) is 13.1. The minimum atomic E-state index is -4.49. The van der Waals surface area contributed by atoms with Crippen molar-refractivity contribution in [3.63, 3.8) is 0 Å².